The van der Waals surface area contributed by atoms with Crippen molar-refractivity contribution >= 4 is 22.4 Å². The highest BCUT2D eigenvalue weighted by molar-refractivity contribution is 6.35. The molecular formula is C10H6Cl. The summed E-state index contributed by atoms with van der Waals surface area (Å²) in [5, 5.41) is 2.93. The van der Waals surface area contributed by atoms with E-state index in [1.165, 1.54) is 0 Å². The molecule has 2 aromatic carbocycles. The largest absolute Gasteiger partial charge is 0.0830 e. The van der Waals surface area contributed by atoms with Gasteiger partial charge in [-0.05, 0) is 5.39 Å². The highest BCUT2D eigenvalue weighted by Gasteiger charge is 1.94. The molecule has 0 heterocycles. The average molecular weight is 162 g/mol. The molecule has 2 aromatic rings. The molecule has 0 saturated carbocycles. The maximum Gasteiger partial charge on any atom is 0.0563 e. The summed E-state index contributed by atoms with van der Waals surface area (Å²) in [6, 6.07) is 14.8. The second-order valence-corrected chi connectivity index (χ2v) is 2.76. The molecule has 0 N–H and O–H groups in total. The second kappa shape index (κ2) is 2.55. The molecule has 0 amide bonds. The molecule has 53 valence electrons. The van der Waals surface area contributed by atoms with E-state index in [-0.39, 0.29) is 0 Å². The molecule has 0 saturated heterocycles. The molecule has 0 aromatic heterocycles. The third-order valence-electron chi connectivity index (χ3n) is 1.67. The third-order valence-corrected chi connectivity index (χ3v) is 1.98. The van der Waals surface area contributed by atoms with Crippen molar-refractivity contribution in [1.82, 2.24) is 0 Å². The molecule has 0 nitrogen and oxygen atoms in total. The van der Waals surface area contributed by atoms with E-state index < -0.39 is 0 Å². The summed E-state index contributed by atoms with van der Waals surface area (Å²) in [7, 11) is 0. The predicted octanol–water partition coefficient (Wildman–Crippen LogP) is 3.29. The van der Waals surface area contributed by atoms with Crippen molar-refractivity contribution in [3.05, 3.63) is 47.5 Å². The van der Waals surface area contributed by atoms with Crippen LogP contribution in [0.15, 0.2) is 36.4 Å². The minimum absolute atomic E-state index is 0.697. The summed E-state index contributed by atoms with van der Waals surface area (Å²) in [6.07, 6.45) is 0. The van der Waals surface area contributed by atoms with Crippen molar-refractivity contribution < 1.29 is 0 Å². The summed E-state index contributed by atoms with van der Waals surface area (Å²) < 4.78 is 0. The first-order valence-electron chi connectivity index (χ1n) is 3.43. The number of hydrogen-bond acceptors (Lipinski definition) is 0. The molecule has 0 aliphatic heterocycles. The van der Waals surface area contributed by atoms with E-state index in [1.54, 1.807) is 0 Å². The van der Waals surface area contributed by atoms with Gasteiger partial charge in [-0.15, -0.1) is 0 Å². The quantitative estimate of drug-likeness (QED) is 0.556. The Morgan fingerprint density at radius 3 is 2.73 bits per heavy atom. The first kappa shape index (κ1) is 6.68. The molecule has 0 atom stereocenters. The highest BCUT2D eigenvalue weighted by atomic mass is 35.5. The maximum atomic E-state index is 5.90. The fraction of sp³-hybridized carbons (Fsp3) is 0. The van der Waals surface area contributed by atoms with Gasteiger partial charge in [-0.2, -0.15) is 0 Å². The van der Waals surface area contributed by atoms with E-state index in [9.17, 15) is 0 Å². The van der Waals surface area contributed by atoms with E-state index in [0.717, 1.165) is 10.8 Å². The molecular weight excluding hydrogens is 156 g/mol. The Balaban J connectivity index is 2.91. The fourth-order valence-electron chi connectivity index (χ4n) is 1.12. The molecule has 2 rings (SSSR count). The van der Waals surface area contributed by atoms with E-state index in [0.29, 0.717) is 5.02 Å². The van der Waals surface area contributed by atoms with Crippen LogP contribution in [0.3, 0.4) is 0 Å². The topological polar surface area (TPSA) is 0 Å². The van der Waals surface area contributed by atoms with Gasteiger partial charge in [0.1, 0.15) is 0 Å². The van der Waals surface area contributed by atoms with Crippen LogP contribution in [-0.2, 0) is 0 Å². The minimum Gasteiger partial charge on any atom is -0.0830 e. The van der Waals surface area contributed by atoms with Crippen LogP contribution in [0.2, 0.25) is 5.02 Å². The van der Waals surface area contributed by atoms with E-state index in [4.69, 9.17) is 11.6 Å². The van der Waals surface area contributed by atoms with Crippen LogP contribution in [0.1, 0.15) is 0 Å². The Morgan fingerprint density at radius 1 is 1.09 bits per heavy atom. The van der Waals surface area contributed by atoms with Gasteiger partial charge in [0, 0.05) is 11.5 Å². The Kier molecular flexibility index (Phi) is 1.55. The maximum absolute atomic E-state index is 5.90. The number of fused-ring (bicyclic) bond motifs is 1. The summed E-state index contributed by atoms with van der Waals surface area (Å²) in [6.45, 7) is 0. The molecule has 0 bridgehead atoms. The van der Waals surface area contributed by atoms with Crippen LogP contribution in [0.25, 0.3) is 10.8 Å². The number of rotatable bonds is 0. The van der Waals surface area contributed by atoms with E-state index in [2.05, 4.69) is 6.07 Å². The lowest BCUT2D eigenvalue weighted by Gasteiger charge is -1.96. The van der Waals surface area contributed by atoms with Crippen molar-refractivity contribution in [2.75, 3.05) is 0 Å². The van der Waals surface area contributed by atoms with Crippen molar-refractivity contribution in [2.24, 2.45) is 0 Å². The first-order valence-corrected chi connectivity index (χ1v) is 3.80. The Morgan fingerprint density at radius 2 is 1.91 bits per heavy atom. The molecule has 0 unspecified atom stereocenters. The monoisotopic (exact) mass is 161 g/mol. The molecule has 0 fully saturated rings. The summed E-state index contributed by atoms with van der Waals surface area (Å²) in [4.78, 5) is 0. The normalized spacial score (nSPS) is 10.3. The van der Waals surface area contributed by atoms with Gasteiger partial charge in [-0.25, -0.2) is 0 Å². The first-order chi connectivity index (χ1) is 5.38. The van der Waals surface area contributed by atoms with Crippen LogP contribution in [0.5, 0.6) is 0 Å². The fourth-order valence-corrected chi connectivity index (χ4v) is 1.36. The van der Waals surface area contributed by atoms with Gasteiger partial charge in [0.2, 0.25) is 0 Å². The molecule has 1 radical (unpaired) electrons. The van der Waals surface area contributed by atoms with Gasteiger partial charge in [0.25, 0.3) is 0 Å². The molecule has 1 heteroatoms. The van der Waals surface area contributed by atoms with Gasteiger partial charge in [-0.3, -0.25) is 0 Å². The van der Waals surface area contributed by atoms with Gasteiger partial charge in [-0.1, -0.05) is 48.0 Å². The zero-order chi connectivity index (χ0) is 7.68. The van der Waals surface area contributed by atoms with Crippen LogP contribution >= 0.6 is 11.6 Å². The smallest absolute Gasteiger partial charge is 0.0563 e. The zero-order valence-electron chi connectivity index (χ0n) is 5.84. The predicted molar refractivity (Wildman–Crippen MR) is 47.8 cm³/mol. The Hall–Kier alpha value is -1.01. The van der Waals surface area contributed by atoms with Gasteiger partial charge < -0.3 is 0 Å². The summed E-state index contributed by atoms with van der Waals surface area (Å²) >= 11 is 5.90. The van der Waals surface area contributed by atoms with Crippen molar-refractivity contribution in [3.63, 3.8) is 0 Å². The molecule has 11 heavy (non-hydrogen) atoms. The number of hydrogen-bond donors (Lipinski definition) is 0. The lowest BCUT2D eigenvalue weighted by molar-refractivity contribution is 1.73. The number of halogens is 1. The SMILES string of the molecule is Clc1[c]ccc2ccccc12. The van der Waals surface area contributed by atoms with E-state index in [1.807, 2.05) is 36.4 Å². The van der Waals surface area contributed by atoms with Crippen LogP contribution in [0.4, 0.5) is 0 Å². The average Bonchev–Trinajstić information content (AvgIpc) is 2.06. The van der Waals surface area contributed by atoms with Crippen molar-refractivity contribution in [3.8, 4) is 0 Å². The molecule has 0 spiro atoms. The van der Waals surface area contributed by atoms with Crippen molar-refractivity contribution in [1.29, 1.82) is 0 Å². The van der Waals surface area contributed by atoms with Gasteiger partial charge >= 0.3 is 0 Å². The van der Waals surface area contributed by atoms with Crippen LogP contribution in [0, 0.1) is 6.07 Å². The van der Waals surface area contributed by atoms with Crippen LogP contribution < -0.4 is 0 Å². The standard InChI is InChI=1S/C10H6Cl/c11-10-7-3-5-8-4-1-2-6-9(8)10/h1-6H. The van der Waals surface area contributed by atoms with E-state index >= 15 is 0 Å². The highest BCUT2D eigenvalue weighted by Crippen LogP contribution is 2.21. The van der Waals surface area contributed by atoms with Crippen LogP contribution in [-0.4, -0.2) is 0 Å². The second-order valence-electron chi connectivity index (χ2n) is 2.38. The molecule has 0 aliphatic rings. The summed E-state index contributed by atoms with van der Waals surface area (Å²) in [5.41, 5.74) is 0. The zero-order valence-corrected chi connectivity index (χ0v) is 6.60. The minimum atomic E-state index is 0.697. The third kappa shape index (κ3) is 1.10. The Bertz CT molecular complexity index is 374. The van der Waals surface area contributed by atoms with Gasteiger partial charge in [0.05, 0.1) is 5.02 Å². The lowest BCUT2D eigenvalue weighted by atomic mass is 10.1. The lowest BCUT2D eigenvalue weighted by Crippen LogP contribution is -1.71. The van der Waals surface area contributed by atoms with Gasteiger partial charge in [0.15, 0.2) is 0 Å². The molecule has 0 aliphatic carbocycles. The van der Waals surface area contributed by atoms with Crippen molar-refractivity contribution in [2.45, 2.75) is 0 Å². The number of benzene rings is 2. The Labute approximate surface area is 70.4 Å². The summed E-state index contributed by atoms with van der Waals surface area (Å²) in [5.74, 6) is 0.